The van der Waals surface area contributed by atoms with E-state index in [0.29, 0.717) is 35.5 Å². The van der Waals surface area contributed by atoms with Gasteiger partial charge in [0, 0.05) is 0 Å². The molecular weight excluding hydrogens is 351 g/mol. The number of hydrogen-bond donors (Lipinski definition) is 2. The molecule has 0 aliphatic heterocycles. The Morgan fingerprint density at radius 1 is 1.35 bits per heavy atom. The molecule has 0 atom stereocenters. The molecule has 1 saturated carbocycles. The number of alkyl halides is 2. The minimum Gasteiger partial charge on any atom is -0.475 e. The van der Waals surface area contributed by atoms with Gasteiger partial charge in [0.15, 0.2) is 0 Å². The maximum Gasteiger partial charge on any atom is 0.333 e. The van der Waals surface area contributed by atoms with Gasteiger partial charge in [0.25, 0.3) is 5.88 Å². The van der Waals surface area contributed by atoms with Crippen molar-refractivity contribution in [2.75, 3.05) is 11.9 Å². The van der Waals surface area contributed by atoms with Crippen molar-refractivity contribution < 1.29 is 23.0 Å². The van der Waals surface area contributed by atoms with Crippen molar-refractivity contribution in [1.82, 2.24) is 19.7 Å². The van der Waals surface area contributed by atoms with Gasteiger partial charge in [0.05, 0.1) is 36.5 Å². The van der Waals surface area contributed by atoms with Crippen molar-refractivity contribution in [1.29, 1.82) is 0 Å². The highest BCUT2D eigenvalue weighted by Gasteiger charge is 2.21. The first-order chi connectivity index (χ1) is 12.4. The Bertz CT molecular complexity index is 747. The fourth-order valence-corrected chi connectivity index (χ4v) is 2.85. The largest absolute Gasteiger partial charge is 0.475 e. The number of ether oxygens (including phenoxy) is 1. The van der Waals surface area contributed by atoms with E-state index in [1.807, 2.05) is 0 Å². The van der Waals surface area contributed by atoms with E-state index in [1.165, 1.54) is 0 Å². The lowest BCUT2D eigenvalue weighted by Gasteiger charge is -2.25. The lowest BCUT2D eigenvalue weighted by molar-refractivity contribution is 0.0563. The summed E-state index contributed by atoms with van der Waals surface area (Å²) in [5.74, 6) is -0.646. The van der Waals surface area contributed by atoms with Crippen LogP contribution in [0.2, 0.25) is 0 Å². The molecule has 2 aromatic rings. The van der Waals surface area contributed by atoms with Crippen molar-refractivity contribution in [3.8, 4) is 5.88 Å². The standard InChI is InChI=1S/C16H20F3N5O2/c1-9-13(7-24(23-9)15(18)19)21-16-20-6-12(17)14(22-16)26-8-10-2-4-11(25)5-3-10/h6-7,10-11,15,25H,2-5,8H2,1H3,(H,20,21,22). The third-order valence-corrected chi connectivity index (χ3v) is 4.35. The van der Waals surface area contributed by atoms with Gasteiger partial charge in [0.2, 0.25) is 11.8 Å². The first-order valence-electron chi connectivity index (χ1n) is 8.36. The predicted octanol–water partition coefficient (Wildman–Crippen LogP) is 3.19. The maximum atomic E-state index is 13.9. The summed E-state index contributed by atoms with van der Waals surface area (Å²) < 4.78 is 45.2. The van der Waals surface area contributed by atoms with Crippen LogP contribution in [0.4, 0.5) is 24.8 Å². The molecule has 1 fully saturated rings. The quantitative estimate of drug-likeness (QED) is 0.811. The van der Waals surface area contributed by atoms with Crippen molar-refractivity contribution in [3.63, 3.8) is 0 Å². The van der Waals surface area contributed by atoms with E-state index >= 15 is 0 Å². The van der Waals surface area contributed by atoms with Crippen LogP contribution in [0.1, 0.15) is 37.9 Å². The summed E-state index contributed by atoms with van der Waals surface area (Å²) in [6.07, 6.45) is 4.86. The molecule has 0 spiro atoms. The molecule has 2 aromatic heterocycles. The van der Waals surface area contributed by atoms with E-state index in [0.717, 1.165) is 25.2 Å². The van der Waals surface area contributed by atoms with Crippen LogP contribution in [0.5, 0.6) is 5.88 Å². The van der Waals surface area contributed by atoms with E-state index < -0.39 is 12.4 Å². The highest BCUT2D eigenvalue weighted by molar-refractivity contribution is 5.55. The average molecular weight is 371 g/mol. The van der Waals surface area contributed by atoms with Crippen molar-refractivity contribution >= 4 is 11.6 Å². The number of aliphatic hydroxyl groups excluding tert-OH is 1. The Morgan fingerprint density at radius 3 is 2.73 bits per heavy atom. The van der Waals surface area contributed by atoms with Gasteiger partial charge in [-0.05, 0) is 38.5 Å². The summed E-state index contributed by atoms with van der Waals surface area (Å²) in [5.41, 5.74) is 0.630. The Hall–Kier alpha value is -2.36. The van der Waals surface area contributed by atoms with Gasteiger partial charge in [-0.25, -0.2) is 9.67 Å². The Balaban J connectivity index is 1.65. The molecule has 0 unspecified atom stereocenters. The van der Waals surface area contributed by atoms with Crippen molar-refractivity contribution in [3.05, 3.63) is 23.9 Å². The molecule has 1 aliphatic rings. The average Bonchev–Trinajstić information content (AvgIpc) is 2.98. The number of halogens is 3. The van der Waals surface area contributed by atoms with Crippen LogP contribution in [0, 0.1) is 18.7 Å². The van der Waals surface area contributed by atoms with Crippen LogP contribution in [-0.4, -0.2) is 37.6 Å². The molecule has 10 heteroatoms. The molecule has 0 aromatic carbocycles. The zero-order valence-corrected chi connectivity index (χ0v) is 14.2. The number of hydrogen-bond acceptors (Lipinski definition) is 6. The van der Waals surface area contributed by atoms with Gasteiger partial charge in [-0.1, -0.05) is 0 Å². The van der Waals surface area contributed by atoms with Gasteiger partial charge >= 0.3 is 6.55 Å². The SMILES string of the molecule is Cc1nn(C(F)F)cc1Nc1ncc(F)c(OCC2CCC(O)CC2)n1. The van der Waals surface area contributed by atoms with Crippen molar-refractivity contribution in [2.24, 2.45) is 5.92 Å². The lowest BCUT2D eigenvalue weighted by atomic mass is 9.88. The number of aryl methyl sites for hydroxylation is 1. The molecule has 0 bridgehead atoms. The van der Waals surface area contributed by atoms with E-state index in [1.54, 1.807) is 6.92 Å². The molecule has 1 aliphatic carbocycles. The summed E-state index contributed by atoms with van der Waals surface area (Å²) in [5, 5.41) is 15.9. The van der Waals surface area contributed by atoms with Crippen LogP contribution >= 0.6 is 0 Å². The Morgan fingerprint density at radius 2 is 2.08 bits per heavy atom. The number of aliphatic hydroxyl groups is 1. The normalized spacial score (nSPS) is 20.4. The van der Waals surface area contributed by atoms with Gasteiger partial charge in [-0.2, -0.15) is 23.3 Å². The van der Waals surface area contributed by atoms with Gasteiger partial charge in [-0.3, -0.25) is 0 Å². The molecule has 3 rings (SSSR count). The van der Waals surface area contributed by atoms with Crippen LogP contribution in [0.25, 0.3) is 0 Å². The van der Waals surface area contributed by atoms with Crippen LogP contribution < -0.4 is 10.1 Å². The number of rotatable bonds is 6. The predicted molar refractivity (Wildman–Crippen MR) is 86.9 cm³/mol. The van der Waals surface area contributed by atoms with E-state index in [9.17, 15) is 18.3 Å². The molecule has 0 radical (unpaired) electrons. The first-order valence-corrected chi connectivity index (χ1v) is 8.36. The number of nitrogens with zero attached hydrogens (tertiary/aromatic N) is 4. The minimum absolute atomic E-state index is 0.0254. The van der Waals surface area contributed by atoms with Gasteiger partial charge in [0.1, 0.15) is 0 Å². The maximum absolute atomic E-state index is 13.9. The summed E-state index contributed by atoms with van der Waals surface area (Å²) >= 11 is 0. The highest BCUT2D eigenvalue weighted by Crippen LogP contribution is 2.26. The molecule has 0 saturated heterocycles. The fourth-order valence-electron chi connectivity index (χ4n) is 2.85. The number of anilines is 2. The van der Waals surface area contributed by atoms with Crippen LogP contribution in [0.3, 0.4) is 0 Å². The van der Waals surface area contributed by atoms with Gasteiger partial charge in [-0.15, -0.1) is 0 Å². The summed E-state index contributed by atoms with van der Waals surface area (Å²) in [6.45, 7) is -0.909. The second-order valence-electron chi connectivity index (χ2n) is 6.34. The van der Waals surface area contributed by atoms with Gasteiger partial charge < -0.3 is 15.2 Å². The van der Waals surface area contributed by atoms with E-state index in [2.05, 4.69) is 20.4 Å². The smallest absolute Gasteiger partial charge is 0.333 e. The Labute approximate surface area is 148 Å². The van der Waals surface area contributed by atoms with Crippen LogP contribution in [0.15, 0.2) is 12.4 Å². The lowest BCUT2D eigenvalue weighted by Crippen LogP contribution is -2.23. The molecule has 2 N–H and O–H groups in total. The topological polar surface area (TPSA) is 85.1 Å². The number of aromatic nitrogens is 4. The summed E-state index contributed by atoms with van der Waals surface area (Å²) in [4.78, 5) is 7.77. The molecular formula is C16H20F3N5O2. The summed E-state index contributed by atoms with van der Waals surface area (Å²) in [6, 6.07) is 0. The molecule has 2 heterocycles. The minimum atomic E-state index is -2.76. The third-order valence-electron chi connectivity index (χ3n) is 4.35. The molecule has 26 heavy (non-hydrogen) atoms. The zero-order valence-electron chi connectivity index (χ0n) is 14.2. The van der Waals surface area contributed by atoms with Crippen LogP contribution in [-0.2, 0) is 0 Å². The van der Waals surface area contributed by atoms with E-state index in [-0.39, 0.29) is 23.9 Å². The fraction of sp³-hybridized carbons (Fsp3) is 0.562. The molecule has 7 nitrogen and oxygen atoms in total. The van der Waals surface area contributed by atoms with E-state index in [4.69, 9.17) is 4.74 Å². The third kappa shape index (κ3) is 4.43. The highest BCUT2D eigenvalue weighted by atomic mass is 19.3. The first kappa shape index (κ1) is 18.4. The second-order valence-corrected chi connectivity index (χ2v) is 6.34. The molecule has 142 valence electrons. The zero-order chi connectivity index (χ0) is 18.7. The second kappa shape index (κ2) is 7.90. The monoisotopic (exact) mass is 371 g/mol. The molecule has 0 amide bonds. The van der Waals surface area contributed by atoms with Crippen molar-refractivity contribution in [2.45, 2.75) is 45.3 Å². The number of nitrogens with one attached hydrogen (secondary N) is 1. The Kier molecular flexibility index (Phi) is 5.60. The summed E-state index contributed by atoms with van der Waals surface area (Å²) in [7, 11) is 0.